The molecule has 15 heavy (non-hydrogen) atoms. The number of nitrogens with zero attached hydrogens (tertiary/aromatic N) is 2. The molecule has 0 aromatic carbocycles. The molecule has 2 saturated heterocycles. The van der Waals surface area contributed by atoms with Crippen LogP contribution in [0.3, 0.4) is 0 Å². The fourth-order valence-electron chi connectivity index (χ4n) is 2.64. The van der Waals surface area contributed by atoms with Crippen molar-refractivity contribution in [3.63, 3.8) is 0 Å². The summed E-state index contributed by atoms with van der Waals surface area (Å²) >= 11 is 0. The lowest BCUT2D eigenvalue weighted by molar-refractivity contribution is 0.127. The summed E-state index contributed by atoms with van der Waals surface area (Å²) in [6.07, 6.45) is 5.47. The zero-order valence-electron chi connectivity index (χ0n) is 10.2. The largest absolute Gasteiger partial charge is 0.299 e. The standard InChI is InChI=1S/C12H25N3/c1-11(2)14-9-6-12(10-14)13-15-7-4-3-5-8-15/h11-13H,3-10H2,1-2H3. The minimum Gasteiger partial charge on any atom is -0.299 e. The van der Waals surface area contributed by atoms with Crippen molar-refractivity contribution >= 4 is 0 Å². The second kappa shape index (κ2) is 5.28. The van der Waals surface area contributed by atoms with Gasteiger partial charge in [-0.25, -0.2) is 5.01 Å². The monoisotopic (exact) mass is 211 g/mol. The molecule has 0 bridgehead atoms. The number of hydrogen-bond acceptors (Lipinski definition) is 3. The Hall–Kier alpha value is -0.120. The van der Waals surface area contributed by atoms with Gasteiger partial charge in [-0.1, -0.05) is 6.42 Å². The van der Waals surface area contributed by atoms with Crippen molar-refractivity contribution in [2.75, 3.05) is 26.2 Å². The summed E-state index contributed by atoms with van der Waals surface area (Å²) in [5.74, 6) is 0. The Morgan fingerprint density at radius 3 is 2.40 bits per heavy atom. The quantitative estimate of drug-likeness (QED) is 0.762. The van der Waals surface area contributed by atoms with E-state index in [0.29, 0.717) is 12.1 Å². The van der Waals surface area contributed by atoms with Crippen molar-refractivity contribution < 1.29 is 0 Å². The average molecular weight is 211 g/mol. The van der Waals surface area contributed by atoms with Gasteiger partial charge in [-0.05, 0) is 33.1 Å². The van der Waals surface area contributed by atoms with Gasteiger partial charge in [0.1, 0.15) is 0 Å². The van der Waals surface area contributed by atoms with Gasteiger partial charge in [0.25, 0.3) is 0 Å². The van der Waals surface area contributed by atoms with E-state index in [-0.39, 0.29) is 0 Å². The normalized spacial score (nSPS) is 30.2. The molecule has 2 heterocycles. The third kappa shape index (κ3) is 3.16. The minimum atomic E-state index is 0.700. The molecule has 0 aromatic heterocycles. The molecule has 0 spiro atoms. The summed E-state index contributed by atoms with van der Waals surface area (Å²) in [5, 5.41) is 2.44. The topological polar surface area (TPSA) is 18.5 Å². The molecule has 2 rings (SSSR count). The van der Waals surface area contributed by atoms with Crippen LogP contribution in [0.1, 0.15) is 39.5 Å². The highest BCUT2D eigenvalue weighted by Crippen LogP contribution is 2.14. The highest BCUT2D eigenvalue weighted by atomic mass is 15.5. The van der Waals surface area contributed by atoms with Crippen LogP contribution in [-0.2, 0) is 0 Å². The highest BCUT2D eigenvalue weighted by molar-refractivity contribution is 4.82. The molecule has 3 nitrogen and oxygen atoms in total. The molecular weight excluding hydrogens is 186 g/mol. The van der Waals surface area contributed by atoms with Crippen molar-refractivity contribution in [3.05, 3.63) is 0 Å². The number of likely N-dealkylation sites (tertiary alicyclic amines) is 1. The first-order valence-corrected chi connectivity index (χ1v) is 6.51. The van der Waals surface area contributed by atoms with Crippen LogP contribution >= 0.6 is 0 Å². The fraction of sp³-hybridized carbons (Fsp3) is 1.00. The van der Waals surface area contributed by atoms with Gasteiger partial charge in [0, 0.05) is 38.3 Å². The molecule has 3 heteroatoms. The van der Waals surface area contributed by atoms with Gasteiger partial charge in [-0.2, -0.15) is 0 Å². The van der Waals surface area contributed by atoms with Crippen LogP contribution in [0.4, 0.5) is 0 Å². The molecule has 0 radical (unpaired) electrons. The zero-order valence-corrected chi connectivity index (χ0v) is 10.2. The molecule has 0 aliphatic carbocycles. The summed E-state index contributed by atoms with van der Waals surface area (Å²) in [5.41, 5.74) is 3.69. The van der Waals surface area contributed by atoms with Crippen molar-refractivity contribution in [1.82, 2.24) is 15.3 Å². The van der Waals surface area contributed by atoms with Crippen LogP contribution in [0.15, 0.2) is 0 Å². The predicted octanol–water partition coefficient (Wildman–Crippen LogP) is 1.46. The smallest absolute Gasteiger partial charge is 0.0354 e. The van der Waals surface area contributed by atoms with Crippen LogP contribution in [-0.4, -0.2) is 48.2 Å². The van der Waals surface area contributed by atoms with E-state index in [2.05, 4.69) is 29.2 Å². The summed E-state index contributed by atoms with van der Waals surface area (Å²) in [6.45, 7) is 9.58. The first-order valence-electron chi connectivity index (χ1n) is 6.51. The van der Waals surface area contributed by atoms with E-state index in [0.717, 1.165) is 0 Å². The minimum absolute atomic E-state index is 0.700. The number of piperidine rings is 1. The van der Waals surface area contributed by atoms with Gasteiger partial charge in [0.15, 0.2) is 0 Å². The van der Waals surface area contributed by atoms with Gasteiger partial charge < -0.3 is 0 Å². The van der Waals surface area contributed by atoms with Gasteiger partial charge in [-0.15, -0.1) is 0 Å². The molecule has 1 atom stereocenters. The van der Waals surface area contributed by atoms with Crippen molar-refractivity contribution in [1.29, 1.82) is 0 Å². The zero-order chi connectivity index (χ0) is 10.7. The van der Waals surface area contributed by atoms with Crippen LogP contribution in [0.2, 0.25) is 0 Å². The number of nitrogens with one attached hydrogen (secondary N) is 1. The molecule has 2 aliphatic heterocycles. The molecule has 0 amide bonds. The summed E-state index contributed by atoms with van der Waals surface area (Å²) in [7, 11) is 0. The van der Waals surface area contributed by atoms with E-state index >= 15 is 0 Å². The lowest BCUT2D eigenvalue weighted by Gasteiger charge is -2.30. The predicted molar refractivity (Wildman–Crippen MR) is 63.7 cm³/mol. The lowest BCUT2D eigenvalue weighted by atomic mass is 10.1. The molecule has 2 aliphatic rings. The van der Waals surface area contributed by atoms with Crippen molar-refractivity contribution in [2.24, 2.45) is 0 Å². The third-order valence-corrected chi connectivity index (χ3v) is 3.67. The van der Waals surface area contributed by atoms with E-state index in [4.69, 9.17) is 0 Å². The molecule has 1 unspecified atom stereocenters. The Kier molecular flexibility index (Phi) is 4.00. The summed E-state index contributed by atoms with van der Waals surface area (Å²) < 4.78 is 0. The van der Waals surface area contributed by atoms with Crippen molar-refractivity contribution in [2.45, 2.75) is 51.6 Å². The Labute approximate surface area is 93.8 Å². The van der Waals surface area contributed by atoms with E-state index in [1.54, 1.807) is 0 Å². The van der Waals surface area contributed by atoms with Gasteiger partial charge >= 0.3 is 0 Å². The lowest BCUT2D eigenvalue weighted by Crippen LogP contribution is -2.48. The highest BCUT2D eigenvalue weighted by Gasteiger charge is 2.25. The maximum atomic E-state index is 3.69. The van der Waals surface area contributed by atoms with Gasteiger partial charge in [-0.3, -0.25) is 10.3 Å². The first kappa shape index (κ1) is 11.4. The number of hydrazine groups is 1. The average Bonchev–Trinajstić information content (AvgIpc) is 2.68. The van der Waals surface area contributed by atoms with E-state index < -0.39 is 0 Å². The Bertz CT molecular complexity index is 187. The fourth-order valence-corrected chi connectivity index (χ4v) is 2.64. The van der Waals surface area contributed by atoms with E-state index in [1.807, 2.05) is 0 Å². The number of hydrogen-bond donors (Lipinski definition) is 1. The molecular formula is C12H25N3. The van der Waals surface area contributed by atoms with E-state index in [9.17, 15) is 0 Å². The van der Waals surface area contributed by atoms with Gasteiger partial charge in [0.2, 0.25) is 0 Å². The van der Waals surface area contributed by atoms with Crippen LogP contribution in [0.25, 0.3) is 0 Å². The number of rotatable bonds is 3. The Morgan fingerprint density at radius 2 is 1.80 bits per heavy atom. The second-order valence-corrected chi connectivity index (χ2v) is 5.25. The molecule has 1 N–H and O–H groups in total. The van der Waals surface area contributed by atoms with Crippen LogP contribution in [0, 0.1) is 0 Å². The molecule has 88 valence electrons. The maximum Gasteiger partial charge on any atom is 0.0354 e. The maximum absolute atomic E-state index is 3.69. The van der Waals surface area contributed by atoms with Crippen LogP contribution in [0.5, 0.6) is 0 Å². The molecule has 2 fully saturated rings. The molecule has 0 saturated carbocycles. The first-order chi connectivity index (χ1) is 7.25. The third-order valence-electron chi connectivity index (χ3n) is 3.67. The van der Waals surface area contributed by atoms with E-state index in [1.165, 1.54) is 51.9 Å². The molecule has 0 aromatic rings. The second-order valence-electron chi connectivity index (χ2n) is 5.25. The van der Waals surface area contributed by atoms with Crippen LogP contribution < -0.4 is 5.43 Å². The summed E-state index contributed by atoms with van der Waals surface area (Å²) in [4.78, 5) is 2.57. The van der Waals surface area contributed by atoms with Crippen molar-refractivity contribution in [3.8, 4) is 0 Å². The summed E-state index contributed by atoms with van der Waals surface area (Å²) in [6, 6.07) is 1.41. The SMILES string of the molecule is CC(C)N1CCC(NN2CCCCC2)C1. The Morgan fingerprint density at radius 1 is 1.07 bits per heavy atom. The van der Waals surface area contributed by atoms with Gasteiger partial charge in [0.05, 0.1) is 0 Å². The Balaban J connectivity index is 1.71.